The molecule has 3 heterocycles. The van der Waals surface area contributed by atoms with Crippen molar-refractivity contribution in [1.29, 1.82) is 0 Å². The summed E-state index contributed by atoms with van der Waals surface area (Å²) in [5, 5.41) is 4.25. The highest BCUT2D eigenvalue weighted by atomic mass is 19.4. The first-order valence-electron chi connectivity index (χ1n) is 7.82. The minimum atomic E-state index is -4.37. The predicted octanol–water partition coefficient (Wildman–Crippen LogP) is 3.02. The Morgan fingerprint density at radius 3 is 2.91 bits per heavy atom. The maximum Gasteiger partial charge on any atom is 0.432 e. The van der Waals surface area contributed by atoms with Crippen molar-refractivity contribution in [3.63, 3.8) is 0 Å². The number of alkyl halides is 3. The Kier molecular flexibility index (Phi) is 4.43. The van der Waals surface area contributed by atoms with Gasteiger partial charge in [-0.05, 0) is 32.4 Å². The number of aromatic amines is 1. The molecular formula is C15H20F3N5. The van der Waals surface area contributed by atoms with Gasteiger partial charge in [-0.1, -0.05) is 0 Å². The van der Waals surface area contributed by atoms with Crippen LogP contribution in [-0.2, 0) is 19.3 Å². The van der Waals surface area contributed by atoms with Crippen molar-refractivity contribution in [1.82, 2.24) is 24.6 Å². The van der Waals surface area contributed by atoms with E-state index in [1.165, 1.54) is 0 Å². The molecule has 1 N–H and O–H groups in total. The van der Waals surface area contributed by atoms with E-state index >= 15 is 0 Å². The van der Waals surface area contributed by atoms with Gasteiger partial charge >= 0.3 is 6.18 Å². The second kappa shape index (κ2) is 6.35. The number of likely N-dealkylation sites (tertiary alicyclic amines) is 1. The van der Waals surface area contributed by atoms with E-state index in [1.807, 2.05) is 17.7 Å². The van der Waals surface area contributed by atoms with E-state index in [-0.39, 0.29) is 5.92 Å². The molecule has 0 aliphatic carbocycles. The average molecular weight is 327 g/mol. The Bertz CT molecular complexity index is 646. The summed E-state index contributed by atoms with van der Waals surface area (Å²) in [6, 6.07) is 1.99. The molecule has 23 heavy (non-hydrogen) atoms. The molecule has 2 aromatic heterocycles. The van der Waals surface area contributed by atoms with Gasteiger partial charge in [0.05, 0.1) is 11.9 Å². The fourth-order valence-electron chi connectivity index (χ4n) is 3.12. The highest BCUT2D eigenvalue weighted by Crippen LogP contribution is 2.31. The van der Waals surface area contributed by atoms with E-state index < -0.39 is 11.9 Å². The normalized spacial score (nSPS) is 20.1. The fraction of sp³-hybridized carbons (Fsp3) is 0.600. The van der Waals surface area contributed by atoms with Gasteiger partial charge in [-0.25, -0.2) is 4.98 Å². The third kappa shape index (κ3) is 3.57. The zero-order valence-corrected chi connectivity index (χ0v) is 13.0. The highest BCUT2D eigenvalue weighted by molar-refractivity contribution is 5.10. The lowest BCUT2D eigenvalue weighted by molar-refractivity contribution is -0.141. The first-order valence-corrected chi connectivity index (χ1v) is 7.82. The largest absolute Gasteiger partial charge is 0.432 e. The second-order valence-corrected chi connectivity index (χ2v) is 5.89. The average Bonchev–Trinajstić information content (AvgIpc) is 3.16. The molecule has 0 saturated carbocycles. The van der Waals surface area contributed by atoms with Crippen LogP contribution in [0, 0.1) is 0 Å². The Morgan fingerprint density at radius 2 is 2.22 bits per heavy atom. The van der Waals surface area contributed by atoms with Crippen LogP contribution in [0.1, 0.15) is 42.9 Å². The Balaban J connectivity index is 1.67. The topological polar surface area (TPSA) is 49.7 Å². The van der Waals surface area contributed by atoms with E-state index in [1.54, 1.807) is 6.20 Å². The summed E-state index contributed by atoms with van der Waals surface area (Å²) in [5.41, 5.74) is 0.359. The highest BCUT2D eigenvalue weighted by Gasteiger charge is 2.34. The molecule has 0 amide bonds. The molecule has 1 aliphatic heterocycles. The lowest BCUT2D eigenvalue weighted by Gasteiger charge is -2.31. The zero-order valence-electron chi connectivity index (χ0n) is 13.0. The third-order valence-corrected chi connectivity index (χ3v) is 4.28. The summed E-state index contributed by atoms with van der Waals surface area (Å²) in [4.78, 5) is 8.65. The lowest BCUT2D eigenvalue weighted by atomic mass is 9.97. The van der Waals surface area contributed by atoms with E-state index in [2.05, 4.69) is 20.0 Å². The van der Waals surface area contributed by atoms with Crippen LogP contribution >= 0.6 is 0 Å². The van der Waals surface area contributed by atoms with Gasteiger partial charge in [0.15, 0.2) is 0 Å². The van der Waals surface area contributed by atoms with Crippen LogP contribution in [0.2, 0.25) is 0 Å². The number of halogens is 3. The lowest BCUT2D eigenvalue weighted by Crippen LogP contribution is -2.35. The fourth-order valence-corrected chi connectivity index (χ4v) is 3.12. The minimum Gasteiger partial charge on any atom is -0.338 e. The number of hydrogen-bond donors (Lipinski definition) is 1. The molecule has 1 fully saturated rings. The van der Waals surface area contributed by atoms with Crippen molar-refractivity contribution in [2.45, 2.75) is 44.9 Å². The summed E-state index contributed by atoms with van der Waals surface area (Å²) in [5.74, 6) is 0.448. The number of aryl methyl sites for hydroxylation is 1. The van der Waals surface area contributed by atoms with Crippen molar-refractivity contribution in [2.75, 3.05) is 13.1 Å². The van der Waals surface area contributed by atoms with Gasteiger partial charge in [0, 0.05) is 31.7 Å². The first kappa shape index (κ1) is 16.0. The molecule has 0 aromatic carbocycles. The van der Waals surface area contributed by atoms with Crippen LogP contribution < -0.4 is 0 Å². The van der Waals surface area contributed by atoms with Gasteiger partial charge < -0.3 is 4.98 Å². The van der Waals surface area contributed by atoms with Crippen molar-refractivity contribution in [2.24, 2.45) is 0 Å². The summed E-state index contributed by atoms with van der Waals surface area (Å²) in [7, 11) is 0. The number of imidazole rings is 1. The molecule has 126 valence electrons. The van der Waals surface area contributed by atoms with Gasteiger partial charge in [0.2, 0.25) is 0 Å². The quantitative estimate of drug-likeness (QED) is 0.939. The molecule has 1 saturated heterocycles. The third-order valence-electron chi connectivity index (χ3n) is 4.28. The number of H-pyrrole nitrogens is 1. The van der Waals surface area contributed by atoms with Crippen LogP contribution in [0.15, 0.2) is 18.5 Å². The number of nitrogens with one attached hydrogen (secondary N) is 1. The number of piperidine rings is 1. The molecule has 8 heteroatoms. The van der Waals surface area contributed by atoms with Crippen molar-refractivity contribution < 1.29 is 13.2 Å². The number of aromatic nitrogens is 4. The molecule has 0 radical (unpaired) electrons. The molecule has 1 aliphatic rings. The second-order valence-electron chi connectivity index (χ2n) is 5.89. The molecule has 5 nitrogen and oxygen atoms in total. The first-order chi connectivity index (χ1) is 11.0. The molecule has 3 rings (SSSR count). The maximum absolute atomic E-state index is 12.7. The molecule has 0 spiro atoms. The van der Waals surface area contributed by atoms with Gasteiger partial charge in [-0.3, -0.25) is 9.58 Å². The zero-order chi connectivity index (χ0) is 16.4. The predicted molar refractivity (Wildman–Crippen MR) is 78.7 cm³/mol. The van der Waals surface area contributed by atoms with Crippen molar-refractivity contribution in [3.05, 3.63) is 35.7 Å². The summed E-state index contributed by atoms with van der Waals surface area (Å²) >= 11 is 0. The monoisotopic (exact) mass is 327 g/mol. The maximum atomic E-state index is 12.7. The van der Waals surface area contributed by atoms with Crippen LogP contribution in [0.3, 0.4) is 0 Å². The molecule has 0 bridgehead atoms. The molecular weight excluding hydrogens is 307 g/mol. The van der Waals surface area contributed by atoms with Crippen molar-refractivity contribution >= 4 is 0 Å². The Labute approximate surface area is 132 Å². The van der Waals surface area contributed by atoms with Crippen LogP contribution in [0.4, 0.5) is 13.2 Å². The number of nitrogens with zero attached hydrogens (tertiary/aromatic N) is 4. The van der Waals surface area contributed by atoms with E-state index in [4.69, 9.17) is 0 Å². The number of rotatable bonds is 4. The molecule has 2 aromatic rings. The Hall–Kier alpha value is -1.83. The summed E-state index contributed by atoms with van der Waals surface area (Å²) in [6.45, 7) is 5.26. The standard InChI is InChI=1S/C15H20F3N5/c1-2-23-12(5-6-20-23)10-22-7-3-4-11(9-22)14-19-8-13(21-14)15(16,17)18/h5-6,8,11H,2-4,7,9-10H2,1H3,(H,19,21)/t11-/m1/s1. The van der Waals surface area contributed by atoms with Crippen LogP contribution in [0.5, 0.6) is 0 Å². The Morgan fingerprint density at radius 1 is 1.39 bits per heavy atom. The van der Waals surface area contributed by atoms with E-state index in [0.717, 1.165) is 44.4 Å². The smallest absolute Gasteiger partial charge is 0.338 e. The van der Waals surface area contributed by atoms with Crippen molar-refractivity contribution in [3.8, 4) is 0 Å². The summed E-state index contributed by atoms with van der Waals surface area (Å²) < 4.78 is 40.0. The van der Waals surface area contributed by atoms with E-state index in [0.29, 0.717) is 12.4 Å². The molecule has 0 unspecified atom stereocenters. The van der Waals surface area contributed by atoms with Gasteiger partial charge in [0.25, 0.3) is 0 Å². The van der Waals surface area contributed by atoms with Crippen LogP contribution in [-0.4, -0.2) is 37.7 Å². The molecule has 1 atom stereocenters. The van der Waals surface area contributed by atoms with Crippen LogP contribution in [0.25, 0.3) is 0 Å². The summed E-state index contributed by atoms with van der Waals surface area (Å²) in [6.07, 6.45) is 0.109. The number of hydrogen-bond acceptors (Lipinski definition) is 3. The SMILES string of the molecule is CCn1nccc1CN1CCC[C@@H](c2ncc(C(F)(F)F)[nH]2)C1. The van der Waals surface area contributed by atoms with Gasteiger partial charge in [-0.15, -0.1) is 0 Å². The minimum absolute atomic E-state index is 0.0119. The van der Waals surface area contributed by atoms with Gasteiger partial charge in [-0.2, -0.15) is 18.3 Å². The van der Waals surface area contributed by atoms with E-state index in [9.17, 15) is 13.2 Å². The van der Waals surface area contributed by atoms with Gasteiger partial charge in [0.1, 0.15) is 11.5 Å².